The average molecular weight is 294 g/mol. The molecule has 5 atom stereocenters. The molecule has 5 rings (SSSR count). The van der Waals surface area contributed by atoms with Crippen LogP contribution in [0.4, 0.5) is 0 Å². The fourth-order valence-electron chi connectivity index (χ4n) is 5.85. The number of benzene rings is 1. The third-order valence-corrected chi connectivity index (χ3v) is 6.72. The quantitative estimate of drug-likeness (QED) is 0.787. The fraction of sp³-hybridized carbons (Fsp3) is 0.632. The van der Waals surface area contributed by atoms with Gasteiger partial charge in [-0.05, 0) is 49.3 Å². The molecule has 4 aliphatic rings. The number of fused-ring (bicyclic) bond motifs is 2. The summed E-state index contributed by atoms with van der Waals surface area (Å²) in [5.74, 6) is 0.721. The van der Waals surface area contributed by atoms with Crippen molar-refractivity contribution in [3.63, 3.8) is 0 Å². The van der Waals surface area contributed by atoms with Crippen LogP contribution in [0.1, 0.15) is 36.8 Å². The van der Waals surface area contributed by atoms with Crippen LogP contribution in [0.15, 0.2) is 24.3 Å². The van der Waals surface area contributed by atoms with Gasteiger partial charge in [-0.1, -0.05) is 24.3 Å². The van der Waals surface area contributed by atoms with E-state index in [2.05, 4.69) is 35.2 Å². The lowest BCUT2D eigenvalue weighted by atomic mass is 9.52. The Hall–Kier alpha value is -1.37. The third-order valence-electron chi connectivity index (χ3n) is 6.72. The highest BCUT2D eigenvalue weighted by Gasteiger charge is 2.66. The molecule has 3 fully saturated rings. The first-order valence-electron chi connectivity index (χ1n) is 8.69. The van der Waals surface area contributed by atoms with E-state index in [1.54, 1.807) is 5.56 Å². The van der Waals surface area contributed by atoms with Crippen LogP contribution in [0.3, 0.4) is 0 Å². The van der Waals surface area contributed by atoms with Gasteiger partial charge >= 0.3 is 0 Å². The molecule has 2 saturated heterocycles. The normalized spacial score (nSPS) is 41.8. The molecule has 0 spiro atoms. The van der Waals surface area contributed by atoms with Crippen molar-refractivity contribution in [2.75, 3.05) is 13.1 Å². The molecule has 2 aliphatic carbocycles. The summed E-state index contributed by atoms with van der Waals surface area (Å²) in [7, 11) is 0. The molecule has 2 bridgehead atoms. The molecule has 2 unspecified atom stereocenters. The molecular formula is C19H22N2O. The largest absolute Gasteiger partial charge is 0.369 e. The van der Waals surface area contributed by atoms with Gasteiger partial charge in [0.15, 0.2) is 0 Å². The zero-order chi connectivity index (χ0) is 14.7. The Labute approximate surface area is 131 Å². The zero-order valence-corrected chi connectivity index (χ0v) is 12.9. The topological polar surface area (TPSA) is 39.6 Å². The molecule has 1 aromatic carbocycles. The van der Waals surface area contributed by atoms with Gasteiger partial charge in [0.25, 0.3) is 0 Å². The Balaban J connectivity index is 1.60. The van der Waals surface area contributed by atoms with Crippen LogP contribution in [-0.2, 0) is 16.6 Å². The molecule has 0 N–H and O–H groups in total. The van der Waals surface area contributed by atoms with Crippen LogP contribution < -0.4 is 0 Å². The molecule has 2 aliphatic heterocycles. The molecule has 114 valence electrons. The van der Waals surface area contributed by atoms with Crippen LogP contribution in [-0.4, -0.2) is 36.2 Å². The van der Waals surface area contributed by atoms with E-state index >= 15 is 0 Å². The minimum absolute atomic E-state index is 0.269. The summed E-state index contributed by atoms with van der Waals surface area (Å²) >= 11 is 0. The maximum atomic E-state index is 8.96. The standard InChI is InChI=1S/C19H22N2O/c20-9-3-10-21-11-8-19-14-5-2-1-4-13(14)12-16(21)15(19)6-7-17-18(19)22-17/h1-2,4-5,15-18H,3,6-8,10-12H2/t15-,16+,17?,18?,19+/m0/s1. The highest BCUT2D eigenvalue weighted by molar-refractivity contribution is 5.44. The average Bonchev–Trinajstić information content (AvgIpc) is 3.34. The van der Waals surface area contributed by atoms with Crippen molar-refractivity contribution in [2.45, 2.75) is 55.8 Å². The van der Waals surface area contributed by atoms with E-state index in [-0.39, 0.29) is 5.41 Å². The SMILES string of the molecule is N#CCCN1CC[C@@]23c4ccccc4C[C@@H]1[C@@H]2CCC1OC13. The van der Waals surface area contributed by atoms with Gasteiger partial charge < -0.3 is 4.74 Å². The summed E-state index contributed by atoms with van der Waals surface area (Å²) < 4.78 is 6.13. The van der Waals surface area contributed by atoms with Crippen molar-refractivity contribution in [1.29, 1.82) is 5.26 Å². The Morgan fingerprint density at radius 2 is 2.23 bits per heavy atom. The van der Waals surface area contributed by atoms with Crippen molar-refractivity contribution in [3.8, 4) is 6.07 Å². The van der Waals surface area contributed by atoms with Gasteiger partial charge in [0.05, 0.1) is 18.3 Å². The second-order valence-corrected chi connectivity index (χ2v) is 7.44. The summed E-state index contributed by atoms with van der Waals surface area (Å²) in [6, 6.07) is 12.0. The molecule has 2 heterocycles. The number of nitrogens with zero attached hydrogens (tertiary/aromatic N) is 2. The van der Waals surface area contributed by atoms with Crippen molar-refractivity contribution in [1.82, 2.24) is 4.90 Å². The highest BCUT2D eigenvalue weighted by Crippen LogP contribution is 2.61. The Kier molecular flexibility index (Phi) is 2.72. The van der Waals surface area contributed by atoms with E-state index in [0.29, 0.717) is 24.7 Å². The number of piperidine rings is 1. The molecular weight excluding hydrogens is 272 g/mol. The number of likely N-dealkylation sites (tertiary alicyclic amines) is 1. The van der Waals surface area contributed by atoms with E-state index < -0.39 is 0 Å². The van der Waals surface area contributed by atoms with Gasteiger partial charge in [-0.2, -0.15) is 5.26 Å². The molecule has 22 heavy (non-hydrogen) atoms. The number of hydrogen-bond acceptors (Lipinski definition) is 3. The van der Waals surface area contributed by atoms with E-state index in [9.17, 15) is 0 Å². The Morgan fingerprint density at radius 1 is 1.32 bits per heavy atom. The number of rotatable bonds is 2. The summed E-state index contributed by atoms with van der Waals surface area (Å²) in [4.78, 5) is 2.60. The second kappa shape index (κ2) is 4.57. The maximum absolute atomic E-state index is 8.96. The van der Waals surface area contributed by atoms with Crippen LogP contribution in [0.2, 0.25) is 0 Å². The lowest BCUT2D eigenvalue weighted by Crippen LogP contribution is -2.63. The van der Waals surface area contributed by atoms with Crippen molar-refractivity contribution in [2.24, 2.45) is 5.92 Å². The zero-order valence-electron chi connectivity index (χ0n) is 12.9. The third kappa shape index (κ3) is 1.58. The van der Waals surface area contributed by atoms with Crippen LogP contribution in [0.5, 0.6) is 0 Å². The predicted molar refractivity (Wildman–Crippen MR) is 83.4 cm³/mol. The number of nitriles is 1. The second-order valence-electron chi connectivity index (χ2n) is 7.44. The molecule has 1 saturated carbocycles. The lowest BCUT2D eigenvalue weighted by molar-refractivity contribution is -0.00702. The number of epoxide rings is 1. The predicted octanol–water partition coefficient (Wildman–Crippen LogP) is 2.65. The minimum atomic E-state index is 0.269. The van der Waals surface area contributed by atoms with Gasteiger partial charge in [-0.15, -0.1) is 0 Å². The molecule has 0 amide bonds. The molecule has 3 nitrogen and oxygen atoms in total. The minimum Gasteiger partial charge on any atom is -0.369 e. The smallest absolute Gasteiger partial charge is 0.0942 e. The summed E-state index contributed by atoms with van der Waals surface area (Å²) in [5, 5.41) is 8.96. The van der Waals surface area contributed by atoms with Gasteiger partial charge in [-0.25, -0.2) is 0 Å². The maximum Gasteiger partial charge on any atom is 0.0942 e. The summed E-state index contributed by atoms with van der Waals surface area (Å²) in [6.07, 6.45) is 6.54. The lowest BCUT2D eigenvalue weighted by Gasteiger charge is -2.58. The van der Waals surface area contributed by atoms with E-state index in [1.807, 2.05) is 0 Å². The monoisotopic (exact) mass is 294 g/mol. The van der Waals surface area contributed by atoms with Crippen LogP contribution in [0.25, 0.3) is 0 Å². The molecule has 3 heteroatoms. The molecule has 0 radical (unpaired) electrons. The number of ether oxygens (including phenoxy) is 1. The van der Waals surface area contributed by atoms with E-state index in [0.717, 1.165) is 25.4 Å². The van der Waals surface area contributed by atoms with Crippen LogP contribution >= 0.6 is 0 Å². The van der Waals surface area contributed by atoms with E-state index in [1.165, 1.54) is 24.8 Å². The number of hydrogen-bond donors (Lipinski definition) is 0. The Morgan fingerprint density at radius 3 is 3.14 bits per heavy atom. The molecule has 1 aromatic rings. The highest BCUT2D eigenvalue weighted by atomic mass is 16.6. The van der Waals surface area contributed by atoms with Crippen LogP contribution in [0, 0.1) is 17.2 Å². The summed E-state index contributed by atoms with van der Waals surface area (Å²) in [5.41, 5.74) is 3.39. The van der Waals surface area contributed by atoms with Crippen molar-refractivity contribution in [3.05, 3.63) is 35.4 Å². The Bertz CT molecular complexity index is 651. The first-order valence-corrected chi connectivity index (χ1v) is 8.69. The van der Waals surface area contributed by atoms with Gasteiger partial charge in [0, 0.05) is 24.4 Å². The first-order chi connectivity index (χ1) is 10.8. The first kappa shape index (κ1) is 13.1. The van der Waals surface area contributed by atoms with Crippen molar-refractivity contribution >= 4 is 0 Å². The van der Waals surface area contributed by atoms with E-state index in [4.69, 9.17) is 10.00 Å². The fourth-order valence-corrected chi connectivity index (χ4v) is 5.85. The summed E-state index contributed by atoms with van der Waals surface area (Å²) in [6.45, 7) is 2.06. The molecule has 0 aromatic heterocycles. The van der Waals surface area contributed by atoms with Gasteiger partial charge in [0.2, 0.25) is 0 Å². The van der Waals surface area contributed by atoms with Crippen molar-refractivity contribution < 1.29 is 4.74 Å². The van der Waals surface area contributed by atoms with Gasteiger partial charge in [-0.3, -0.25) is 4.90 Å². The van der Waals surface area contributed by atoms with Gasteiger partial charge in [0.1, 0.15) is 0 Å².